The van der Waals surface area contributed by atoms with E-state index in [4.69, 9.17) is 9.72 Å². The van der Waals surface area contributed by atoms with Crippen LogP contribution in [0.25, 0.3) is 10.2 Å². The number of aromatic nitrogens is 2. The number of pyridine rings is 1. The molecule has 170 valence electrons. The highest BCUT2D eigenvalue weighted by Crippen LogP contribution is 2.33. The van der Waals surface area contributed by atoms with Gasteiger partial charge in [-0.3, -0.25) is 14.7 Å². The largest absolute Gasteiger partial charge is 0.494 e. The number of rotatable bonds is 9. The van der Waals surface area contributed by atoms with Gasteiger partial charge in [-0.2, -0.15) is 0 Å². The minimum Gasteiger partial charge on any atom is -0.494 e. The second kappa shape index (κ2) is 10.6. The smallest absolute Gasteiger partial charge is 0.260 e. The summed E-state index contributed by atoms with van der Waals surface area (Å²) >= 11 is 1.55. The van der Waals surface area contributed by atoms with E-state index in [2.05, 4.69) is 37.9 Å². The van der Waals surface area contributed by atoms with Crippen LogP contribution in [0.15, 0.2) is 60.9 Å². The van der Waals surface area contributed by atoms with Crippen molar-refractivity contribution < 1.29 is 9.53 Å². The van der Waals surface area contributed by atoms with E-state index in [-0.39, 0.29) is 5.91 Å². The maximum atomic E-state index is 13.7. The molecule has 2 heterocycles. The SMILES string of the molecule is CCCCCOc1cccc(C(=O)N(Cc2cccnc2)c2nc3cc(C)cc(C)c3s2)c1. The van der Waals surface area contributed by atoms with E-state index in [0.717, 1.165) is 40.6 Å². The lowest BCUT2D eigenvalue weighted by Crippen LogP contribution is -2.30. The first-order valence-electron chi connectivity index (χ1n) is 11.4. The van der Waals surface area contributed by atoms with E-state index in [0.29, 0.717) is 29.6 Å². The van der Waals surface area contributed by atoms with Crippen molar-refractivity contribution in [2.75, 3.05) is 11.5 Å². The van der Waals surface area contributed by atoms with Crippen LogP contribution in [-0.2, 0) is 6.54 Å². The van der Waals surface area contributed by atoms with Crippen molar-refractivity contribution in [2.24, 2.45) is 0 Å². The number of ether oxygens (including phenoxy) is 1. The molecule has 2 aromatic heterocycles. The highest BCUT2D eigenvalue weighted by Gasteiger charge is 2.23. The molecule has 1 amide bonds. The Morgan fingerprint density at radius 1 is 1.09 bits per heavy atom. The number of benzene rings is 2. The summed E-state index contributed by atoms with van der Waals surface area (Å²) in [5, 5.41) is 0.682. The minimum absolute atomic E-state index is 0.105. The highest BCUT2D eigenvalue weighted by atomic mass is 32.1. The van der Waals surface area contributed by atoms with E-state index < -0.39 is 0 Å². The molecule has 0 aliphatic heterocycles. The molecule has 0 aliphatic rings. The molecule has 0 saturated heterocycles. The molecule has 0 unspecified atom stereocenters. The Bertz CT molecular complexity index is 1240. The zero-order valence-electron chi connectivity index (χ0n) is 19.4. The van der Waals surface area contributed by atoms with E-state index in [9.17, 15) is 4.79 Å². The van der Waals surface area contributed by atoms with Crippen molar-refractivity contribution in [2.45, 2.75) is 46.6 Å². The van der Waals surface area contributed by atoms with Crippen LogP contribution >= 0.6 is 11.3 Å². The monoisotopic (exact) mass is 459 g/mol. The first-order chi connectivity index (χ1) is 16.0. The number of aryl methyl sites for hydroxylation is 2. The van der Waals surface area contributed by atoms with Crippen molar-refractivity contribution in [3.63, 3.8) is 0 Å². The number of nitrogens with zero attached hydrogens (tertiary/aromatic N) is 3. The first kappa shape index (κ1) is 22.9. The predicted octanol–water partition coefficient (Wildman–Crippen LogP) is 6.72. The lowest BCUT2D eigenvalue weighted by atomic mass is 10.1. The highest BCUT2D eigenvalue weighted by molar-refractivity contribution is 7.22. The average molecular weight is 460 g/mol. The van der Waals surface area contributed by atoms with Crippen molar-refractivity contribution >= 4 is 32.6 Å². The third-order valence-corrected chi connectivity index (χ3v) is 6.68. The van der Waals surface area contributed by atoms with Gasteiger partial charge in [-0.25, -0.2) is 4.98 Å². The molecule has 6 heteroatoms. The van der Waals surface area contributed by atoms with Gasteiger partial charge >= 0.3 is 0 Å². The van der Waals surface area contributed by atoms with E-state index in [1.54, 1.807) is 28.6 Å². The van der Waals surface area contributed by atoms with Crippen LogP contribution in [0, 0.1) is 13.8 Å². The first-order valence-corrected chi connectivity index (χ1v) is 12.2. The lowest BCUT2D eigenvalue weighted by Gasteiger charge is -2.20. The topological polar surface area (TPSA) is 55.3 Å². The van der Waals surface area contributed by atoms with E-state index in [1.807, 2.05) is 36.4 Å². The summed E-state index contributed by atoms with van der Waals surface area (Å²) in [5.41, 5.74) is 4.79. The Morgan fingerprint density at radius 3 is 2.76 bits per heavy atom. The van der Waals surface area contributed by atoms with Crippen LogP contribution in [0.1, 0.15) is 53.2 Å². The third-order valence-electron chi connectivity index (χ3n) is 5.45. The van der Waals surface area contributed by atoms with Gasteiger partial charge in [-0.05, 0) is 67.3 Å². The summed E-state index contributed by atoms with van der Waals surface area (Å²) < 4.78 is 6.99. The summed E-state index contributed by atoms with van der Waals surface area (Å²) in [4.78, 5) is 24.5. The second-order valence-corrected chi connectivity index (χ2v) is 9.24. The van der Waals surface area contributed by atoms with Gasteiger partial charge in [0.1, 0.15) is 5.75 Å². The number of thiazole rings is 1. The molecular weight excluding hydrogens is 430 g/mol. The van der Waals surface area contributed by atoms with Crippen LogP contribution < -0.4 is 9.64 Å². The molecule has 0 atom stereocenters. The Labute approximate surface area is 199 Å². The summed E-state index contributed by atoms with van der Waals surface area (Å²) in [6.45, 7) is 7.37. The molecule has 0 aliphatic carbocycles. The van der Waals surface area contributed by atoms with Gasteiger partial charge in [0.15, 0.2) is 5.13 Å². The fourth-order valence-corrected chi connectivity index (χ4v) is 4.81. The quantitative estimate of drug-likeness (QED) is 0.261. The third kappa shape index (κ3) is 5.57. The molecule has 0 radical (unpaired) electrons. The molecule has 0 bridgehead atoms. The molecule has 0 saturated carbocycles. The minimum atomic E-state index is -0.105. The molecule has 0 spiro atoms. The van der Waals surface area contributed by atoms with Crippen molar-refractivity contribution in [1.29, 1.82) is 0 Å². The van der Waals surface area contributed by atoms with Gasteiger partial charge in [-0.1, -0.05) is 49.3 Å². The van der Waals surface area contributed by atoms with Crippen LogP contribution in [0.4, 0.5) is 5.13 Å². The number of fused-ring (bicyclic) bond motifs is 1. The molecule has 0 N–H and O–H groups in total. The predicted molar refractivity (Wildman–Crippen MR) is 135 cm³/mol. The van der Waals surface area contributed by atoms with Gasteiger partial charge in [-0.15, -0.1) is 0 Å². The summed E-state index contributed by atoms with van der Waals surface area (Å²) in [6.07, 6.45) is 6.81. The van der Waals surface area contributed by atoms with Gasteiger partial charge in [0.05, 0.1) is 23.4 Å². The number of carbonyl (C=O) groups excluding carboxylic acids is 1. The molecule has 5 nitrogen and oxygen atoms in total. The normalized spacial score (nSPS) is 11.0. The van der Waals surface area contributed by atoms with Crippen LogP contribution in [-0.4, -0.2) is 22.5 Å². The molecule has 2 aromatic carbocycles. The van der Waals surface area contributed by atoms with Crippen LogP contribution in [0.2, 0.25) is 0 Å². The Hall–Kier alpha value is -3.25. The van der Waals surface area contributed by atoms with Gasteiger partial charge in [0.2, 0.25) is 0 Å². The molecular formula is C27H29N3O2S. The van der Waals surface area contributed by atoms with Crippen LogP contribution in [0.3, 0.4) is 0 Å². The molecule has 4 rings (SSSR count). The average Bonchev–Trinajstić information content (AvgIpc) is 3.25. The molecule has 33 heavy (non-hydrogen) atoms. The maximum Gasteiger partial charge on any atom is 0.260 e. The fourth-order valence-electron chi connectivity index (χ4n) is 3.80. The Kier molecular flexibility index (Phi) is 7.35. The number of amides is 1. The fraction of sp³-hybridized carbons (Fsp3) is 0.296. The van der Waals surface area contributed by atoms with Crippen molar-refractivity contribution in [1.82, 2.24) is 9.97 Å². The molecule has 0 fully saturated rings. The number of hydrogen-bond acceptors (Lipinski definition) is 5. The second-order valence-electron chi connectivity index (χ2n) is 8.26. The standard InChI is InChI=1S/C27H29N3O2S/c1-4-5-6-13-32-23-11-7-10-22(16-23)26(31)30(18-21-9-8-12-28-17-21)27-29-24-15-19(2)14-20(3)25(24)33-27/h7-12,14-17H,4-6,13,18H2,1-3H3. The Morgan fingerprint density at radius 2 is 1.97 bits per heavy atom. The Balaban J connectivity index is 1.67. The zero-order valence-corrected chi connectivity index (χ0v) is 20.2. The summed E-state index contributed by atoms with van der Waals surface area (Å²) in [6, 6.07) is 15.5. The lowest BCUT2D eigenvalue weighted by molar-refractivity contribution is 0.0984. The number of hydrogen-bond donors (Lipinski definition) is 0. The van der Waals surface area contributed by atoms with Crippen molar-refractivity contribution in [3.05, 3.63) is 83.2 Å². The molecule has 4 aromatic rings. The summed E-state index contributed by atoms with van der Waals surface area (Å²) in [5.74, 6) is 0.611. The van der Waals surface area contributed by atoms with Gasteiger partial charge < -0.3 is 4.74 Å². The number of carbonyl (C=O) groups is 1. The number of unbranched alkanes of at least 4 members (excludes halogenated alkanes) is 2. The van der Waals surface area contributed by atoms with E-state index in [1.165, 1.54) is 5.56 Å². The van der Waals surface area contributed by atoms with Crippen molar-refractivity contribution in [3.8, 4) is 5.75 Å². The van der Waals surface area contributed by atoms with Gasteiger partial charge in [0.25, 0.3) is 5.91 Å². The summed E-state index contributed by atoms with van der Waals surface area (Å²) in [7, 11) is 0. The maximum absolute atomic E-state index is 13.7. The number of anilines is 1. The van der Waals surface area contributed by atoms with E-state index >= 15 is 0 Å². The van der Waals surface area contributed by atoms with Gasteiger partial charge in [0, 0.05) is 18.0 Å². The zero-order chi connectivity index (χ0) is 23.2. The van der Waals surface area contributed by atoms with Crippen LogP contribution in [0.5, 0.6) is 5.75 Å².